The number of nitrogens with zero attached hydrogens (tertiary/aromatic N) is 4. The zero-order valence-electron chi connectivity index (χ0n) is 16.7. The lowest BCUT2D eigenvalue weighted by Crippen LogP contribution is -2.30. The maximum atomic E-state index is 13.1. The minimum Gasteiger partial charge on any atom is -0.357 e. The first-order valence-electron chi connectivity index (χ1n) is 10.2. The molecule has 4 rings (SSSR count). The molecule has 2 aliphatic heterocycles. The molecule has 0 unspecified atom stereocenters. The normalized spacial score (nSPS) is 17.8. The molecule has 0 bridgehead atoms. The lowest BCUT2D eigenvalue weighted by Gasteiger charge is -2.27. The minimum absolute atomic E-state index is 0.0845. The predicted molar refractivity (Wildman–Crippen MR) is 115 cm³/mol. The topological polar surface area (TPSA) is 109 Å². The van der Waals surface area contributed by atoms with Gasteiger partial charge in [0.15, 0.2) is 0 Å². The molecule has 10 heteroatoms. The molecule has 2 saturated heterocycles. The zero-order valence-corrected chi connectivity index (χ0v) is 17.5. The molecular weight excluding hydrogens is 406 g/mol. The van der Waals surface area contributed by atoms with Gasteiger partial charge in [0.1, 0.15) is 10.7 Å². The van der Waals surface area contributed by atoms with Gasteiger partial charge in [0.2, 0.25) is 10.0 Å². The van der Waals surface area contributed by atoms with Crippen molar-refractivity contribution in [3.63, 3.8) is 0 Å². The fraction of sp³-hybridized carbons (Fsp3) is 0.450. The molecule has 0 saturated carbocycles. The Balaban J connectivity index is 1.62. The Bertz CT molecular complexity index is 1010. The first-order valence-corrected chi connectivity index (χ1v) is 11.7. The Morgan fingerprint density at radius 3 is 2.30 bits per heavy atom. The summed E-state index contributed by atoms with van der Waals surface area (Å²) < 4.78 is 27.6. The number of nitrogens with one attached hydrogen (secondary N) is 1. The Morgan fingerprint density at radius 2 is 1.67 bits per heavy atom. The largest absolute Gasteiger partial charge is 0.357 e. The number of sulfonamides is 1. The van der Waals surface area contributed by atoms with Crippen LogP contribution < -0.4 is 10.2 Å². The average Bonchev–Trinajstić information content (AvgIpc) is 3.31. The van der Waals surface area contributed by atoms with Gasteiger partial charge in [-0.25, -0.2) is 13.4 Å². The van der Waals surface area contributed by atoms with Gasteiger partial charge in [0.05, 0.1) is 22.5 Å². The molecular formula is C20H25N5O4S. The summed E-state index contributed by atoms with van der Waals surface area (Å²) in [5, 5.41) is 14.3. The van der Waals surface area contributed by atoms with Crippen molar-refractivity contribution in [2.24, 2.45) is 0 Å². The maximum absolute atomic E-state index is 13.1. The molecule has 2 aliphatic rings. The Kier molecular flexibility index (Phi) is 5.87. The smallest absolute Gasteiger partial charge is 0.270 e. The van der Waals surface area contributed by atoms with E-state index in [0.717, 1.165) is 50.7 Å². The molecule has 1 N–H and O–H groups in total. The molecule has 3 heterocycles. The summed E-state index contributed by atoms with van der Waals surface area (Å²) in [5.41, 5.74) is 0.680. The minimum atomic E-state index is -3.83. The highest BCUT2D eigenvalue weighted by Gasteiger charge is 2.31. The van der Waals surface area contributed by atoms with Crippen LogP contribution in [0.1, 0.15) is 32.1 Å². The van der Waals surface area contributed by atoms with Crippen LogP contribution >= 0.6 is 0 Å². The first kappa shape index (κ1) is 20.5. The number of hydrogen-bond donors (Lipinski definition) is 1. The monoisotopic (exact) mass is 431 g/mol. The van der Waals surface area contributed by atoms with Crippen molar-refractivity contribution in [3.05, 3.63) is 46.6 Å². The summed E-state index contributed by atoms with van der Waals surface area (Å²) in [4.78, 5) is 17.3. The first-order chi connectivity index (χ1) is 14.4. The van der Waals surface area contributed by atoms with Crippen LogP contribution in [0.15, 0.2) is 41.4 Å². The van der Waals surface area contributed by atoms with Gasteiger partial charge in [-0.3, -0.25) is 10.1 Å². The molecule has 160 valence electrons. The van der Waals surface area contributed by atoms with E-state index in [2.05, 4.69) is 15.2 Å². The van der Waals surface area contributed by atoms with Gasteiger partial charge in [-0.15, -0.1) is 0 Å². The summed E-state index contributed by atoms with van der Waals surface area (Å²) in [6.07, 6.45) is 6.80. The van der Waals surface area contributed by atoms with Gasteiger partial charge >= 0.3 is 0 Å². The maximum Gasteiger partial charge on any atom is 0.270 e. The van der Waals surface area contributed by atoms with E-state index in [1.54, 1.807) is 6.20 Å². The van der Waals surface area contributed by atoms with Crippen LogP contribution in [0.4, 0.5) is 22.9 Å². The van der Waals surface area contributed by atoms with E-state index in [-0.39, 0.29) is 10.6 Å². The zero-order chi connectivity index (χ0) is 21.1. The third-order valence-corrected chi connectivity index (χ3v) is 7.50. The van der Waals surface area contributed by atoms with Crippen molar-refractivity contribution in [1.29, 1.82) is 0 Å². The van der Waals surface area contributed by atoms with Gasteiger partial charge in [0, 0.05) is 38.3 Å². The van der Waals surface area contributed by atoms with Crippen molar-refractivity contribution in [2.75, 3.05) is 36.4 Å². The van der Waals surface area contributed by atoms with Gasteiger partial charge in [-0.1, -0.05) is 0 Å². The second kappa shape index (κ2) is 8.57. The van der Waals surface area contributed by atoms with Crippen LogP contribution in [0.5, 0.6) is 0 Å². The second-order valence-electron chi connectivity index (χ2n) is 7.63. The summed E-state index contributed by atoms with van der Waals surface area (Å²) in [5.74, 6) is 0.897. The number of non-ortho nitro benzene ring substituents is 1. The standard InChI is InChI=1S/C20H25N5O4S/c26-25(27)17-7-8-18(19(14-17)30(28,29)24-12-4-5-13-24)22-16-6-9-20(21-15-16)23-10-2-1-3-11-23/h6-9,14-15,22H,1-5,10-13H2. The highest BCUT2D eigenvalue weighted by molar-refractivity contribution is 7.89. The van der Waals surface area contributed by atoms with Crippen molar-refractivity contribution in [3.8, 4) is 0 Å². The van der Waals surface area contributed by atoms with Crippen LogP contribution in [0, 0.1) is 10.1 Å². The van der Waals surface area contributed by atoms with Crippen molar-refractivity contribution < 1.29 is 13.3 Å². The highest BCUT2D eigenvalue weighted by atomic mass is 32.2. The number of nitro benzene ring substituents is 1. The summed E-state index contributed by atoms with van der Waals surface area (Å²) in [6.45, 7) is 2.83. The van der Waals surface area contributed by atoms with Crippen LogP contribution in [0.3, 0.4) is 0 Å². The van der Waals surface area contributed by atoms with Crippen LogP contribution in [0.25, 0.3) is 0 Å². The van der Waals surface area contributed by atoms with Crippen molar-refractivity contribution in [1.82, 2.24) is 9.29 Å². The second-order valence-corrected chi connectivity index (χ2v) is 9.53. The summed E-state index contributed by atoms with van der Waals surface area (Å²) in [6, 6.07) is 7.64. The SMILES string of the molecule is O=[N+]([O-])c1ccc(Nc2ccc(N3CCCCC3)nc2)c(S(=O)(=O)N2CCCC2)c1. The third-order valence-electron chi connectivity index (χ3n) is 5.57. The quantitative estimate of drug-likeness (QED) is 0.551. The summed E-state index contributed by atoms with van der Waals surface area (Å²) in [7, 11) is -3.83. The van der Waals surface area contributed by atoms with E-state index < -0.39 is 14.9 Å². The average molecular weight is 432 g/mol. The highest BCUT2D eigenvalue weighted by Crippen LogP contribution is 2.32. The van der Waals surface area contributed by atoms with Gasteiger partial charge in [-0.2, -0.15) is 4.31 Å². The molecule has 0 spiro atoms. The van der Waals surface area contributed by atoms with Crippen LogP contribution in [0.2, 0.25) is 0 Å². The number of anilines is 3. The number of pyridine rings is 1. The summed E-state index contributed by atoms with van der Waals surface area (Å²) >= 11 is 0. The number of piperidine rings is 1. The molecule has 0 amide bonds. The number of aromatic nitrogens is 1. The fourth-order valence-corrected chi connectivity index (χ4v) is 5.62. The molecule has 0 atom stereocenters. The van der Waals surface area contributed by atoms with Crippen molar-refractivity contribution in [2.45, 2.75) is 37.0 Å². The van der Waals surface area contributed by atoms with E-state index >= 15 is 0 Å². The van der Waals surface area contributed by atoms with E-state index in [4.69, 9.17) is 0 Å². The lowest BCUT2D eigenvalue weighted by atomic mass is 10.1. The lowest BCUT2D eigenvalue weighted by molar-refractivity contribution is -0.385. The van der Waals surface area contributed by atoms with E-state index in [0.29, 0.717) is 24.5 Å². The number of nitro groups is 1. The molecule has 0 radical (unpaired) electrons. The Hall–Kier alpha value is -2.72. The van der Waals surface area contributed by atoms with Crippen LogP contribution in [-0.4, -0.2) is 48.8 Å². The molecule has 9 nitrogen and oxygen atoms in total. The predicted octanol–water partition coefficient (Wildman–Crippen LogP) is 3.51. The molecule has 1 aromatic carbocycles. The molecule has 2 fully saturated rings. The van der Waals surface area contributed by atoms with Gasteiger partial charge in [0.25, 0.3) is 5.69 Å². The van der Waals surface area contributed by atoms with Crippen molar-refractivity contribution >= 4 is 32.9 Å². The molecule has 2 aromatic rings. The number of hydrogen-bond acceptors (Lipinski definition) is 7. The van der Waals surface area contributed by atoms with E-state index in [9.17, 15) is 18.5 Å². The fourth-order valence-electron chi connectivity index (χ4n) is 3.93. The number of benzene rings is 1. The van der Waals surface area contributed by atoms with Gasteiger partial charge < -0.3 is 10.2 Å². The molecule has 1 aromatic heterocycles. The number of rotatable bonds is 6. The van der Waals surface area contributed by atoms with E-state index in [1.807, 2.05) is 12.1 Å². The van der Waals surface area contributed by atoms with E-state index in [1.165, 1.54) is 22.9 Å². The Labute approximate surface area is 175 Å². The molecule has 30 heavy (non-hydrogen) atoms. The third kappa shape index (κ3) is 4.24. The molecule has 0 aliphatic carbocycles. The van der Waals surface area contributed by atoms with Crippen LogP contribution in [-0.2, 0) is 10.0 Å². The Morgan fingerprint density at radius 1 is 0.967 bits per heavy atom. The van der Waals surface area contributed by atoms with Gasteiger partial charge in [-0.05, 0) is 50.3 Å².